The summed E-state index contributed by atoms with van der Waals surface area (Å²) < 4.78 is 5.27. The van der Waals surface area contributed by atoms with Crippen molar-refractivity contribution < 1.29 is 14.7 Å². The summed E-state index contributed by atoms with van der Waals surface area (Å²) in [5, 5.41) is 10.4. The van der Waals surface area contributed by atoms with Gasteiger partial charge in [-0.1, -0.05) is 0 Å². The lowest BCUT2D eigenvalue weighted by atomic mass is 9.98. The summed E-state index contributed by atoms with van der Waals surface area (Å²) in [5.41, 5.74) is -0.409. The van der Waals surface area contributed by atoms with Gasteiger partial charge < -0.3 is 9.94 Å². The molecule has 0 aromatic rings. The molecule has 0 saturated carbocycles. The SMILES string of the molecule is CC(C)(C)OC(=O)C1CCN(O)CC1. The van der Waals surface area contributed by atoms with Crippen LogP contribution in [0.25, 0.3) is 0 Å². The average Bonchev–Trinajstić information content (AvgIpc) is 2.02. The van der Waals surface area contributed by atoms with Crippen LogP contribution in [0.3, 0.4) is 0 Å². The van der Waals surface area contributed by atoms with Crippen LogP contribution >= 0.6 is 0 Å². The highest BCUT2D eigenvalue weighted by atomic mass is 16.6. The van der Waals surface area contributed by atoms with Crippen molar-refractivity contribution in [2.75, 3.05) is 13.1 Å². The van der Waals surface area contributed by atoms with E-state index in [1.54, 1.807) is 0 Å². The van der Waals surface area contributed by atoms with Crippen LogP contribution in [0.5, 0.6) is 0 Å². The molecular formula is C10H19NO3. The van der Waals surface area contributed by atoms with Crippen LogP contribution in [0.15, 0.2) is 0 Å². The monoisotopic (exact) mass is 201 g/mol. The van der Waals surface area contributed by atoms with E-state index in [1.165, 1.54) is 5.06 Å². The van der Waals surface area contributed by atoms with E-state index in [9.17, 15) is 4.79 Å². The van der Waals surface area contributed by atoms with Crippen molar-refractivity contribution in [1.29, 1.82) is 0 Å². The molecule has 0 unspecified atom stereocenters. The first-order valence-electron chi connectivity index (χ1n) is 5.05. The number of esters is 1. The second-order valence-corrected chi connectivity index (χ2v) is 4.76. The maximum Gasteiger partial charge on any atom is 0.309 e. The predicted molar refractivity (Wildman–Crippen MR) is 51.9 cm³/mol. The summed E-state index contributed by atoms with van der Waals surface area (Å²) >= 11 is 0. The lowest BCUT2D eigenvalue weighted by Gasteiger charge is -2.28. The molecule has 4 nitrogen and oxygen atoms in total. The third-order valence-electron chi connectivity index (χ3n) is 2.21. The summed E-state index contributed by atoms with van der Waals surface area (Å²) in [6.07, 6.45) is 1.37. The van der Waals surface area contributed by atoms with Gasteiger partial charge in [0.15, 0.2) is 0 Å². The van der Waals surface area contributed by atoms with Crippen molar-refractivity contribution in [2.45, 2.75) is 39.2 Å². The molecule has 1 heterocycles. The molecule has 0 radical (unpaired) electrons. The standard InChI is InChI=1S/C10H19NO3/c1-10(2,3)14-9(12)8-4-6-11(13)7-5-8/h8,13H,4-7H2,1-3H3. The highest BCUT2D eigenvalue weighted by Gasteiger charge is 2.28. The van der Waals surface area contributed by atoms with Crippen molar-refractivity contribution in [3.8, 4) is 0 Å². The van der Waals surface area contributed by atoms with Crippen LogP contribution in [0, 0.1) is 5.92 Å². The lowest BCUT2D eigenvalue weighted by Crippen LogP contribution is -2.37. The Hall–Kier alpha value is -0.610. The molecule has 1 saturated heterocycles. The molecule has 4 heteroatoms. The summed E-state index contributed by atoms with van der Waals surface area (Å²) in [7, 11) is 0. The van der Waals surface area contributed by atoms with E-state index in [0.717, 1.165) is 0 Å². The lowest BCUT2D eigenvalue weighted by molar-refractivity contribution is -0.167. The van der Waals surface area contributed by atoms with Crippen LogP contribution in [0.2, 0.25) is 0 Å². The molecule has 0 aromatic carbocycles. The van der Waals surface area contributed by atoms with Gasteiger partial charge in [-0.3, -0.25) is 4.79 Å². The van der Waals surface area contributed by atoms with E-state index in [1.807, 2.05) is 20.8 Å². The number of hydroxylamine groups is 2. The molecule has 1 aliphatic rings. The Kier molecular flexibility index (Phi) is 3.50. The number of hydrogen-bond donors (Lipinski definition) is 1. The minimum Gasteiger partial charge on any atom is -0.460 e. The van der Waals surface area contributed by atoms with Crippen molar-refractivity contribution in [1.82, 2.24) is 5.06 Å². The van der Waals surface area contributed by atoms with Crippen molar-refractivity contribution >= 4 is 5.97 Å². The number of piperidine rings is 1. The summed E-state index contributed by atoms with van der Waals surface area (Å²) in [4.78, 5) is 11.6. The van der Waals surface area contributed by atoms with E-state index in [4.69, 9.17) is 9.94 Å². The molecule has 0 spiro atoms. The fraction of sp³-hybridized carbons (Fsp3) is 0.900. The van der Waals surface area contributed by atoms with Crippen LogP contribution in [0.4, 0.5) is 0 Å². The van der Waals surface area contributed by atoms with Gasteiger partial charge in [0.05, 0.1) is 5.92 Å². The normalized spacial score (nSPS) is 20.9. The molecule has 0 aromatic heterocycles. The molecule has 1 rings (SSSR count). The van der Waals surface area contributed by atoms with E-state index < -0.39 is 5.60 Å². The minimum absolute atomic E-state index is 0.0439. The second-order valence-electron chi connectivity index (χ2n) is 4.76. The van der Waals surface area contributed by atoms with Gasteiger partial charge >= 0.3 is 5.97 Å². The molecule has 0 bridgehead atoms. The zero-order chi connectivity index (χ0) is 10.8. The van der Waals surface area contributed by atoms with Crippen molar-refractivity contribution in [3.05, 3.63) is 0 Å². The highest BCUT2D eigenvalue weighted by molar-refractivity contribution is 5.73. The van der Waals surface area contributed by atoms with E-state index >= 15 is 0 Å². The first-order chi connectivity index (χ1) is 6.38. The third kappa shape index (κ3) is 3.64. The smallest absolute Gasteiger partial charge is 0.309 e. The van der Waals surface area contributed by atoms with Gasteiger partial charge in [0, 0.05) is 13.1 Å². The summed E-state index contributed by atoms with van der Waals surface area (Å²) in [6.45, 7) is 6.72. The summed E-state index contributed by atoms with van der Waals surface area (Å²) in [5.74, 6) is -0.178. The Labute approximate surface area is 84.8 Å². The van der Waals surface area contributed by atoms with Gasteiger partial charge in [0.1, 0.15) is 5.60 Å². The molecule has 0 aliphatic carbocycles. The topological polar surface area (TPSA) is 49.8 Å². The Morgan fingerprint density at radius 1 is 1.36 bits per heavy atom. The van der Waals surface area contributed by atoms with Crippen LogP contribution in [-0.2, 0) is 9.53 Å². The van der Waals surface area contributed by atoms with Gasteiger partial charge in [-0.15, -0.1) is 0 Å². The molecule has 1 fully saturated rings. The fourth-order valence-corrected chi connectivity index (χ4v) is 1.49. The number of carbonyl (C=O) groups is 1. The molecule has 1 aliphatic heterocycles. The molecule has 0 atom stereocenters. The van der Waals surface area contributed by atoms with Gasteiger partial charge in [0.25, 0.3) is 0 Å². The van der Waals surface area contributed by atoms with E-state index in [-0.39, 0.29) is 11.9 Å². The minimum atomic E-state index is -0.409. The average molecular weight is 201 g/mol. The zero-order valence-corrected chi connectivity index (χ0v) is 9.12. The van der Waals surface area contributed by atoms with E-state index in [2.05, 4.69) is 0 Å². The van der Waals surface area contributed by atoms with Crippen molar-refractivity contribution in [2.24, 2.45) is 5.92 Å². The Balaban J connectivity index is 2.38. The predicted octanol–water partition coefficient (Wildman–Crippen LogP) is 1.43. The number of rotatable bonds is 1. The highest BCUT2D eigenvalue weighted by Crippen LogP contribution is 2.20. The Morgan fingerprint density at radius 3 is 2.29 bits per heavy atom. The van der Waals surface area contributed by atoms with Gasteiger partial charge in [-0.25, -0.2) is 0 Å². The van der Waals surface area contributed by atoms with Crippen LogP contribution < -0.4 is 0 Å². The van der Waals surface area contributed by atoms with Gasteiger partial charge in [0.2, 0.25) is 0 Å². The number of carbonyl (C=O) groups excluding carboxylic acids is 1. The molecule has 0 amide bonds. The van der Waals surface area contributed by atoms with Crippen LogP contribution in [-0.4, -0.2) is 34.9 Å². The van der Waals surface area contributed by atoms with Crippen LogP contribution in [0.1, 0.15) is 33.6 Å². The Bertz CT molecular complexity index is 202. The third-order valence-corrected chi connectivity index (χ3v) is 2.21. The second kappa shape index (κ2) is 4.28. The first-order valence-corrected chi connectivity index (χ1v) is 5.05. The van der Waals surface area contributed by atoms with Gasteiger partial charge in [-0.2, -0.15) is 5.06 Å². The van der Waals surface area contributed by atoms with Gasteiger partial charge in [-0.05, 0) is 33.6 Å². The van der Waals surface area contributed by atoms with Crippen molar-refractivity contribution in [3.63, 3.8) is 0 Å². The molecule has 1 N–H and O–H groups in total. The molecule has 14 heavy (non-hydrogen) atoms. The molecular weight excluding hydrogens is 182 g/mol. The summed E-state index contributed by atoms with van der Waals surface area (Å²) in [6, 6.07) is 0. The maximum atomic E-state index is 11.6. The van der Waals surface area contributed by atoms with E-state index in [0.29, 0.717) is 25.9 Å². The fourth-order valence-electron chi connectivity index (χ4n) is 1.49. The Morgan fingerprint density at radius 2 is 1.86 bits per heavy atom. The largest absolute Gasteiger partial charge is 0.460 e. The molecule has 82 valence electrons. The number of ether oxygens (including phenoxy) is 1. The number of hydrogen-bond acceptors (Lipinski definition) is 4. The maximum absolute atomic E-state index is 11.6. The zero-order valence-electron chi connectivity index (χ0n) is 9.12. The number of nitrogens with zero attached hydrogens (tertiary/aromatic N) is 1. The quantitative estimate of drug-likeness (QED) is 0.652. The first kappa shape index (κ1) is 11.5.